The van der Waals surface area contributed by atoms with Crippen molar-refractivity contribution in [2.24, 2.45) is 51.2 Å². The van der Waals surface area contributed by atoms with Crippen LogP contribution in [0.4, 0.5) is 0 Å². The third kappa shape index (κ3) is 7.12. The Hall–Kier alpha value is -2.29. The van der Waals surface area contributed by atoms with E-state index in [1.807, 2.05) is 25.7 Å². The molecule has 0 aromatic carbocycles. The monoisotopic (exact) mass is 750 g/mol. The topological polar surface area (TPSA) is 124 Å². The largest absolute Gasteiger partial charge is 0.481 e. The molecular formula is C45H71N3O6. The number of nitrogens with zero attached hydrogens (tertiary/aromatic N) is 2. The molecule has 7 fully saturated rings. The zero-order valence-corrected chi connectivity index (χ0v) is 34.3. The number of piperidine rings is 1. The number of ketones is 2. The lowest BCUT2D eigenvalue weighted by atomic mass is 9.73. The Bertz CT molecular complexity index is 1450. The Morgan fingerprint density at radius 3 is 2.04 bits per heavy atom. The highest BCUT2D eigenvalue weighted by molar-refractivity contribution is 5.96. The molecule has 0 radical (unpaired) electrons. The van der Waals surface area contributed by atoms with E-state index in [1.165, 1.54) is 25.7 Å². The van der Waals surface area contributed by atoms with Crippen molar-refractivity contribution in [3.63, 3.8) is 0 Å². The molecule has 2 saturated heterocycles. The molecule has 2 aliphatic heterocycles. The van der Waals surface area contributed by atoms with E-state index in [-0.39, 0.29) is 64.3 Å². The molecule has 1 unspecified atom stereocenters. The lowest BCUT2D eigenvalue weighted by molar-refractivity contribution is -0.148. The van der Waals surface area contributed by atoms with Crippen LogP contribution in [0.1, 0.15) is 163 Å². The van der Waals surface area contributed by atoms with E-state index < -0.39 is 35.3 Å². The number of amides is 2. The second-order valence-corrected chi connectivity index (χ2v) is 21.0. The van der Waals surface area contributed by atoms with Crippen molar-refractivity contribution in [3.05, 3.63) is 0 Å². The number of rotatable bonds is 14. The quantitative estimate of drug-likeness (QED) is 0.188. The fraction of sp³-hybridized carbons (Fsp3) is 0.889. The Morgan fingerprint density at radius 2 is 1.50 bits per heavy atom. The highest BCUT2D eigenvalue weighted by Crippen LogP contribution is 2.88. The summed E-state index contributed by atoms with van der Waals surface area (Å²) in [6.07, 6.45) is 18.1. The summed E-state index contributed by atoms with van der Waals surface area (Å²) in [5.74, 6) is -2.25. The van der Waals surface area contributed by atoms with E-state index in [0.29, 0.717) is 31.3 Å². The van der Waals surface area contributed by atoms with Crippen molar-refractivity contribution in [1.29, 1.82) is 0 Å². The van der Waals surface area contributed by atoms with E-state index in [2.05, 4.69) is 24.1 Å². The van der Waals surface area contributed by atoms with Crippen molar-refractivity contribution >= 4 is 29.4 Å². The molecule has 2 heterocycles. The maximum Gasteiger partial charge on any atom is 0.306 e. The molecule has 54 heavy (non-hydrogen) atoms. The number of Topliss-reactive ketones (excluding diaryl/α,β-unsaturated/α-hetero) is 2. The first-order valence-electron chi connectivity index (χ1n) is 22.2. The first-order chi connectivity index (χ1) is 25.6. The molecular weight excluding hydrogens is 679 g/mol. The van der Waals surface area contributed by atoms with Gasteiger partial charge in [-0.3, -0.25) is 28.9 Å². The lowest BCUT2D eigenvalue weighted by Gasteiger charge is -2.42. The van der Waals surface area contributed by atoms with E-state index in [4.69, 9.17) is 0 Å². The third-order valence-corrected chi connectivity index (χ3v) is 17.0. The number of hydrogen-bond acceptors (Lipinski definition) is 6. The molecule has 2 N–H and O–H groups in total. The molecule has 7 rings (SSSR count). The molecule has 0 aromatic heterocycles. The highest BCUT2D eigenvalue weighted by atomic mass is 16.4. The van der Waals surface area contributed by atoms with Gasteiger partial charge in [0.05, 0.1) is 23.9 Å². The molecule has 0 bridgehead atoms. The van der Waals surface area contributed by atoms with Crippen molar-refractivity contribution in [2.45, 2.75) is 181 Å². The number of carbonyl (C=O) groups is 5. The van der Waals surface area contributed by atoms with Gasteiger partial charge in [0.15, 0.2) is 11.6 Å². The minimum Gasteiger partial charge on any atom is -0.481 e. The van der Waals surface area contributed by atoms with Gasteiger partial charge < -0.3 is 15.3 Å². The van der Waals surface area contributed by atoms with Gasteiger partial charge in [-0.2, -0.15) is 0 Å². The zero-order valence-electron chi connectivity index (χ0n) is 34.3. The summed E-state index contributed by atoms with van der Waals surface area (Å²) < 4.78 is 0. The Kier molecular flexibility index (Phi) is 11.3. The molecule has 2 amide bonds. The van der Waals surface area contributed by atoms with Gasteiger partial charge in [0, 0.05) is 43.3 Å². The van der Waals surface area contributed by atoms with Crippen LogP contribution < -0.4 is 5.32 Å². The maximum atomic E-state index is 15.3. The number of carboxylic acids is 1. The van der Waals surface area contributed by atoms with Crippen LogP contribution >= 0.6 is 0 Å². The van der Waals surface area contributed by atoms with Gasteiger partial charge in [-0.05, 0) is 98.8 Å². The van der Waals surface area contributed by atoms with Crippen LogP contribution in [0.25, 0.3) is 0 Å². The standard InChI is InChI=1S/C45H71N3O6/c1-42(2,3)38(46-39(51)31-17-11-22-47(27-31)33-18-10-19-33)37(50)25-34(30-15-7-6-8-16-30)40(52)48-28-45(43(4,5)44(45)20-12-21-44)26-35(48)36(49)24-32(41(53)54)23-29-13-9-14-29/h29-35,38H,6-28H2,1-5H3,(H,46,51)(H,53,54)/t31-,32-,34+,35-,38+,45?/m0/s1. The van der Waals surface area contributed by atoms with Crippen LogP contribution in [0.15, 0.2) is 0 Å². The number of carbonyl (C=O) groups excluding carboxylic acids is 4. The van der Waals surface area contributed by atoms with Crippen LogP contribution in [0.3, 0.4) is 0 Å². The van der Waals surface area contributed by atoms with Gasteiger partial charge in [0.1, 0.15) is 0 Å². The molecule has 302 valence electrons. The van der Waals surface area contributed by atoms with Crippen molar-refractivity contribution < 1.29 is 29.1 Å². The number of nitrogens with one attached hydrogen (secondary N) is 1. The van der Waals surface area contributed by atoms with E-state index in [1.54, 1.807) is 0 Å². The molecule has 0 aromatic rings. The summed E-state index contributed by atoms with van der Waals surface area (Å²) in [6, 6.07) is -0.778. The first kappa shape index (κ1) is 39.9. The summed E-state index contributed by atoms with van der Waals surface area (Å²) >= 11 is 0. The first-order valence-corrected chi connectivity index (χ1v) is 22.2. The lowest BCUT2D eigenvalue weighted by Crippen LogP contribution is -2.55. The summed E-state index contributed by atoms with van der Waals surface area (Å²) in [5, 5.41) is 13.4. The van der Waals surface area contributed by atoms with E-state index in [9.17, 15) is 24.3 Å². The molecule has 9 heteroatoms. The van der Waals surface area contributed by atoms with Gasteiger partial charge in [0.2, 0.25) is 11.8 Å². The fourth-order valence-electron chi connectivity index (χ4n) is 12.8. The Morgan fingerprint density at radius 1 is 0.815 bits per heavy atom. The van der Waals surface area contributed by atoms with Gasteiger partial charge >= 0.3 is 5.97 Å². The van der Waals surface area contributed by atoms with Crippen molar-refractivity contribution in [2.75, 3.05) is 19.6 Å². The number of fused-ring (bicyclic) bond motifs is 1. The van der Waals surface area contributed by atoms with Crippen LogP contribution in [0.2, 0.25) is 0 Å². The summed E-state index contributed by atoms with van der Waals surface area (Å²) in [4.78, 5) is 75.1. The molecule has 5 aliphatic carbocycles. The molecule has 2 spiro atoms. The Balaban J connectivity index is 1.12. The predicted molar refractivity (Wildman–Crippen MR) is 208 cm³/mol. The van der Waals surface area contributed by atoms with Crippen LogP contribution in [0, 0.1) is 51.2 Å². The van der Waals surface area contributed by atoms with Crippen molar-refractivity contribution in [3.8, 4) is 0 Å². The second-order valence-electron chi connectivity index (χ2n) is 21.0. The van der Waals surface area contributed by atoms with Gasteiger partial charge in [-0.25, -0.2) is 0 Å². The molecule has 5 saturated carbocycles. The molecule has 7 aliphatic rings. The molecule has 6 atom stereocenters. The third-order valence-electron chi connectivity index (χ3n) is 17.0. The fourth-order valence-corrected chi connectivity index (χ4v) is 12.8. The summed E-state index contributed by atoms with van der Waals surface area (Å²) in [5.41, 5.74) is -0.574. The smallest absolute Gasteiger partial charge is 0.306 e. The molecule has 9 nitrogen and oxygen atoms in total. The SMILES string of the molecule is CC(C)(C)[C@H](NC(=O)[C@H]1CCCN(C2CCC2)C1)C(=O)C[C@@H](C(=O)N1CC2(C[C@H]1C(=O)C[C@H](CC1CCC1)C(=O)O)C(C)(C)C21CCC1)C1CCCCC1. The number of likely N-dealkylation sites (tertiary alicyclic amines) is 2. The highest BCUT2D eigenvalue weighted by Gasteiger charge is 2.85. The summed E-state index contributed by atoms with van der Waals surface area (Å²) in [6.45, 7) is 12.9. The van der Waals surface area contributed by atoms with Gasteiger partial charge in [-0.15, -0.1) is 0 Å². The van der Waals surface area contributed by atoms with Crippen molar-refractivity contribution in [1.82, 2.24) is 15.1 Å². The van der Waals surface area contributed by atoms with Gasteiger partial charge in [-0.1, -0.05) is 86.0 Å². The van der Waals surface area contributed by atoms with Gasteiger partial charge in [0.25, 0.3) is 0 Å². The Labute approximate surface area is 324 Å². The predicted octanol–water partition coefficient (Wildman–Crippen LogP) is 7.59. The van der Waals surface area contributed by atoms with Crippen LogP contribution in [0.5, 0.6) is 0 Å². The number of carboxylic acid groups (broad SMARTS) is 1. The van der Waals surface area contributed by atoms with Crippen LogP contribution in [-0.2, 0) is 24.0 Å². The van der Waals surface area contributed by atoms with Crippen LogP contribution in [-0.4, -0.2) is 82.0 Å². The average molecular weight is 750 g/mol. The minimum atomic E-state index is -0.909. The zero-order chi connectivity index (χ0) is 38.6. The number of hydrogen-bond donors (Lipinski definition) is 2. The van der Waals surface area contributed by atoms with E-state index in [0.717, 1.165) is 90.1 Å². The normalized spacial score (nSPS) is 31.5. The second kappa shape index (κ2) is 15.2. The minimum absolute atomic E-state index is 0.00492. The maximum absolute atomic E-state index is 15.3. The number of aliphatic carboxylic acids is 1. The summed E-state index contributed by atoms with van der Waals surface area (Å²) in [7, 11) is 0. The average Bonchev–Trinajstić information content (AvgIpc) is 3.28. The van der Waals surface area contributed by atoms with E-state index >= 15 is 4.79 Å².